The van der Waals surface area contributed by atoms with E-state index < -0.39 is 0 Å². The van der Waals surface area contributed by atoms with Gasteiger partial charge in [0.15, 0.2) is 5.96 Å². The first kappa shape index (κ1) is 20.8. The Balaban J connectivity index is 2.04. The van der Waals surface area contributed by atoms with E-state index in [-0.39, 0.29) is 12.5 Å². The number of hydrogen-bond acceptors (Lipinski definition) is 3. The van der Waals surface area contributed by atoms with E-state index in [0.717, 1.165) is 11.3 Å². The van der Waals surface area contributed by atoms with Gasteiger partial charge in [-0.1, -0.05) is 30.2 Å². The molecule has 0 atom stereocenters. The Morgan fingerprint density at radius 1 is 1.25 bits per heavy atom. The average Bonchev–Trinajstić information content (AvgIpc) is 2.71. The maximum absolute atomic E-state index is 12.3. The van der Waals surface area contributed by atoms with Gasteiger partial charge in [-0.25, -0.2) is 4.99 Å². The highest BCUT2D eigenvalue weighted by Crippen LogP contribution is 2.18. The molecular formula is C22H26N4O2. The number of methoxy groups -OCH3 is 1. The van der Waals surface area contributed by atoms with E-state index in [2.05, 4.69) is 21.5 Å². The van der Waals surface area contributed by atoms with Gasteiger partial charge < -0.3 is 20.3 Å². The second-order valence-corrected chi connectivity index (χ2v) is 6.11. The summed E-state index contributed by atoms with van der Waals surface area (Å²) >= 11 is 0. The van der Waals surface area contributed by atoms with E-state index in [9.17, 15) is 4.79 Å². The number of ether oxygens (including phenoxy) is 1. The monoisotopic (exact) mass is 378 g/mol. The number of nitrogens with one attached hydrogen (secondary N) is 2. The van der Waals surface area contributed by atoms with Crippen LogP contribution in [0.25, 0.3) is 0 Å². The summed E-state index contributed by atoms with van der Waals surface area (Å²) in [6, 6.07) is 15.0. The van der Waals surface area contributed by atoms with Crippen LogP contribution in [0.4, 0.5) is 5.69 Å². The number of rotatable bonds is 7. The Morgan fingerprint density at radius 3 is 2.75 bits per heavy atom. The van der Waals surface area contributed by atoms with Gasteiger partial charge in [0, 0.05) is 37.0 Å². The summed E-state index contributed by atoms with van der Waals surface area (Å²) in [4.78, 5) is 18.7. The molecule has 0 saturated heterocycles. The van der Waals surface area contributed by atoms with Crippen molar-refractivity contribution in [2.24, 2.45) is 4.99 Å². The van der Waals surface area contributed by atoms with Gasteiger partial charge >= 0.3 is 0 Å². The van der Waals surface area contributed by atoms with E-state index >= 15 is 0 Å². The molecular weight excluding hydrogens is 352 g/mol. The van der Waals surface area contributed by atoms with Crippen molar-refractivity contribution in [1.29, 1.82) is 0 Å². The molecule has 0 saturated carbocycles. The number of para-hydroxylation sites is 1. The van der Waals surface area contributed by atoms with Gasteiger partial charge in [-0.05, 0) is 31.2 Å². The predicted molar refractivity (Wildman–Crippen MR) is 113 cm³/mol. The van der Waals surface area contributed by atoms with Gasteiger partial charge in [0.2, 0.25) is 5.91 Å². The van der Waals surface area contributed by atoms with Crippen molar-refractivity contribution < 1.29 is 9.53 Å². The maximum atomic E-state index is 12.3. The molecule has 0 aliphatic rings. The fourth-order valence-electron chi connectivity index (χ4n) is 2.67. The summed E-state index contributed by atoms with van der Waals surface area (Å²) in [5.41, 5.74) is 2.41. The molecule has 2 aromatic rings. The SMILES string of the molecule is C#Cc1cccc(NC(=O)CN=C(NCC)N(C)Cc2ccccc2OC)c1. The molecule has 6 heteroatoms. The average molecular weight is 378 g/mol. The fraction of sp³-hybridized carbons (Fsp3) is 0.273. The number of anilines is 1. The molecule has 28 heavy (non-hydrogen) atoms. The minimum absolute atomic E-state index is 0.00111. The smallest absolute Gasteiger partial charge is 0.246 e. The van der Waals surface area contributed by atoms with Gasteiger partial charge in [-0.15, -0.1) is 6.42 Å². The Bertz CT molecular complexity index is 871. The number of nitrogens with zero attached hydrogens (tertiary/aromatic N) is 2. The number of carbonyl (C=O) groups excluding carboxylic acids is 1. The lowest BCUT2D eigenvalue weighted by Crippen LogP contribution is -2.39. The topological polar surface area (TPSA) is 66.0 Å². The van der Waals surface area contributed by atoms with E-state index in [4.69, 9.17) is 11.2 Å². The summed E-state index contributed by atoms with van der Waals surface area (Å²) < 4.78 is 5.40. The molecule has 2 aromatic carbocycles. The number of hydrogen-bond donors (Lipinski definition) is 2. The molecule has 1 amide bonds. The Morgan fingerprint density at radius 2 is 2.04 bits per heavy atom. The molecule has 0 heterocycles. The molecule has 6 nitrogen and oxygen atoms in total. The lowest BCUT2D eigenvalue weighted by molar-refractivity contribution is -0.114. The van der Waals surface area contributed by atoms with E-state index in [1.807, 2.05) is 49.2 Å². The van der Waals surface area contributed by atoms with Gasteiger partial charge in [-0.3, -0.25) is 4.79 Å². The number of carbonyl (C=O) groups is 1. The molecule has 0 radical (unpaired) electrons. The third-order valence-electron chi connectivity index (χ3n) is 3.98. The minimum Gasteiger partial charge on any atom is -0.496 e. The van der Waals surface area contributed by atoms with Crippen molar-refractivity contribution >= 4 is 17.6 Å². The summed E-state index contributed by atoms with van der Waals surface area (Å²) in [5, 5.41) is 6.02. The fourth-order valence-corrected chi connectivity index (χ4v) is 2.67. The van der Waals surface area contributed by atoms with Crippen LogP contribution in [0.2, 0.25) is 0 Å². The summed E-state index contributed by atoms with van der Waals surface area (Å²) in [5.74, 6) is 3.79. The van der Waals surface area contributed by atoms with E-state index in [0.29, 0.717) is 30.3 Å². The summed E-state index contributed by atoms with van der Waals surface area (Å²) in [6.45, 7) is 3.28. The standard InChI is InChI=1S/C22H26N4O2/c1-5-17-10-9-12-19(14-17)25-21(27)15-24-22(23-6-2)26(3)16-18-11-7-8-13-20(18)28-4/h1,7-14H,6,15-16H2,2-4H3,(H,23,24)(H,25,27). The largest absolute Gasteiger partial charge is 0.496 e. The van der Waals surface area contributed by atoms with Gasteiger partial charge in [-0.2, -0.15) is 0 Å². The number of terminal acetylenes is 1. The Kier molecular flexibility index (Phi) is 7.92. The molecule has 0 aromatic heterocycles. The Hall–Kier alpha value is -3.46. The molecule has 2 rings (SSSR count). The number of guanidine groups is 1. The van der Waals surface area contributed by atoms with Crippen LogP contribution in [-0.2, 0) is 11.3 Å². The van der Waals surface area contributed by atoms with Crippen LogP contribution in [0, 0.1) is 12.3 Å². The minimum atomic E-state index is -0.213. The van der Waals surface area contributed by atoms with Crippen LogP contribution >= 0.6 is 0 Å². The third kappa shape index (κ3) is 6.06. The van der Waals surface area contributed by atoms with E-state index in [1.54, 1.807) is 25.3 Å². The lowest BCUT2D eigenvalue weighted by atomic mass is 10.2. The molecule has 0 aliphatic carbocycles. The summed E-state index contributed by atoms with van der Waals surface area (Å²) in [6.07, 6.45) is 5.39. The summed E-state index contributed by atoms with van der Waals surface area (Å²) in [7, 11) is 3.57. The van der Waals surface area contributed by atoms with Crippen LogP contribution in [0.3, 0.4) is 0 Å². The van der Waals surface area contributed by atoms with Crippen molar-refractivity contribution in [3.63, 3.8) is 0 Å². The number of amides is 1. The molecule has 146 valence electrons. The molecule has 0 spiro atoms. The highest BCUT2D eigenvalue weighted by Gasteiger charge is 2.11. The highest BCUT2D eigenvalue weighted by atomic mass is 16.5. The zero-order valence-electron chi connectivity index (χ0n) is 16.5. The quantitative estimate of drug-likeness (QED) is 0.442. The van der Waals surface area contributed by atoms with Crippen molar-refractivity contribution in [1.82, 2.24) is 10.2 Å². The second-order valence-electron chi connectivity index (χ2n) is 6.11. The van der Waals surface area contributed by atoms with Crippen LogP contribution in [0.15, 0.2) is 53.5 Å². The first-order valence-corrected chi connectivity index (χ1v) is 9.05. The highest BCUT2D eigenvalue weighted by molar-refractivity contribution is 5.94. The zero-order chi connectivity index (χ0) is 20.4. The molecule has 0 aliphatic heterocycles. The maximum Gasteiger partial charge on any atom is 0.246 e. The lowest BCUT2D eigenvalue weighted by Gasteiger charge is -2.23. The van der Waals surface area contributed by atoms with Crippen molar-refractivity contribution in [2.75, 3.05) is 32.6 Å². The molecule has 0 fully saturated rings. The van der Waals surface area contributed by atoms with Crippen LogP contribution in [-0.4, -0.2) is 44.0 Å². The van der Waals surface area contributed by atoms with Gasteiger partial charge in [0.1, 0.15) is 12.3 Å². The first-order chi connectivity index (χ1) is 13.6. The zero-order valence-corrected chi connectivity index (χ0v) is 16.5. The van der Waals surface area contributed by atoms with E-state index in [1.165, 1.54) is 0 Å². The number of benzene rings is 2. The Labute approximate surface area is 166 Å². The van der Waals surface area contributed by atoms with Crippen LogP contribution in [0.5, 0.6) is 5.75 Å². The van der Waals surface area contributed by atoms with Crippen LogP contribution in [0.1, 0.15) is 18.1 Å². The van der Waals surface area contributed by atoms with Crippen molar-refractivity contribution in [3.05, 3.63) is 59.7 Å². The van der Waals surface area contributed by atoms with Crippen molar-refractivity contribution in [2.45, 2.75) is 13.5 Å². The number of aliphatic imine (C=N–C) groups is 1. The molecule has 2 N–H and O–H groups in total. The van der Waals surface area contributed by atoms with Crippen molar-refractivity contribution in [3.8, 4) is 18.1 Å². The second kappa shape index (κ2) is 10.6. The first-order valence-electron chi connectivity index (χ1n) is 9.05. The predicted octanol–water partition coefficient (Wildman–Crippen LogP) is 2.71. The normalized spacial score (nSPS) is 10.7. The molecule has 0 bridgehead atoms. The van der Waals surface area contributed by atoms with Gasteiger partial charge in [0.25, 0.3) is 0 Å². The molecule has 0 unspecified atom stereocenters. The van der Waals surface area contributed by atoms with Crippen LogP contribution < -0.4 is 15.4 Å². The third-order valence-corrected chi connectivity index (χ3v) is 3.98. The van der Waals surface area contributed by atoms with Gasteiger partial charge in [0.05, 0.1) is 7.11 Å².